The number of carbonyl (C=O) groups is 2. The predicted molar refractivity (Wildman–Crippen MR) is 113 cm³/mol. The number of nitrogens with zero attached hydrogens (tertiary/aromatic N) is 1. The summed E-state index contributed by atoms with van der Waals surface area (Å²) in [6.07, 6.45) is 0. The molecule has 2 N–H and O–H groups in total. The molecule has 10 heteroatoms. The highest BCUT2D eigenvalue weighted by Crippen LogP contribution is 2.17. The van der Waals surface area contributed by atoms with Gasteiger partial charge in [0.1, 0.15) is 6.61 Å². The maximum absolute atomic E-state index is 12.5. The molecule has 8 nitrogen and oxygen atoms in total. The number of hydrogen-bond donors (Lipinski definition) is 2. The second kappa shape index (κ2) is 10.5. The zero-order chi connectivity index (χ0) is 21.4. The third-order valence-electron chi connectivity index (χ3n) is 3.86. The molecule has 0 radical (unpaired) electrons. The molecule has 0 saturated carbocycles. The minimum absolute atomic E-state index is 0.0554. The molecule has 0 spiro atoms. The van der Waals surface area contributed by atoms with Crippen molar-refractivity contribution in [2.75, 3.05) is 32.6 Å². The van der Waals surface area contributed by atoms with E-state index in [-0.39, 0.29) is 30.5 Å². The second-order valence-corrected chi connectivity index (χ2v) is 9.13. The number of rotatable bonds is 9. The van der Waals surface area contributed by atoms with Crippen LogP contribution in [0.4, 0.5) is 5.69 Å². The summed E-state index contributed by atoms with van der Waals surface area (Å²) in [5.41, 5.74) is 1.33. The van der Waals surface area contributed by atoms with E-state index in [9.17, 15) is 18.0 Å². The Morgan fingerprint density at radius 2 is 1.79 bits per heavy atom. The number of benzene rings is 2. The van der Waals surface area contributed by atoms with E-state index in [1.807, 2.05) is 0 Å². The van der Waals surface area contributed by atoms with E-state index in [1.54, 1.807) is 36.4 Å². The van der Waals surface area contributed by atoms with Crippen molar-refractivity contribution < 1.29 is 22.7 Å². The Morgan fingerprint density at radius 3 is 2.45 bits per heavy atom. The molecule has 0 heterocycles. The minimum Gasteiger partial charge on any atom is -0.375 e. The van der Waals surface area contributed by atoms with E-state index in [4.69, 9.17) is 4.74 Å². The van der Waals surface area contributed by atoms with Crippen molar-refractivity contribution in [1.82, 2.24) is 9.62 Å². The number of carbonyl (C=O) groups excluding carboxylic acids is 2. The van der Waals surface area contributed by atoms with Crippen molar-refractivity contribution >= 4 is 43.5 Å². The van der Waals surface area contributed by atoms with Crippen molar-refractivity contribution in [3.05, 3.63) is 58.6 Å². The normalized spacial score (nSPS) is 11.3. The summed E-state index contributed by atoms with van der Waals surface area (Å²) in [7, 11) is -0.987. The van der Waals surface area contributed by atoms with Gasteiger partial charge in [-0.25, -0.2) is 8.42 Å². The van der Waals surface area contributed by atoms with Crippen LogP contribution in [0.15, 0.2) is 57.9 Å². The minimum atomic E-state index is -3.77. The Balaban J connectivity index is 1.92. The zero-order valence-electron chi connectivity index (χ0n) is 16.0. The number of likely N-dealkylation sites (N-methyl/N-ethyl adjacent to an activating group) is 1. The standard InChI is InChI=1S/C19H22BrN3O5S/c1-23(29(26,27)17-8-6-15(20)7-9-17)12-18(24)21-11-14-4-3-5-16(10-14)22-19(25)13-28-2/h3-10H,11-13H2,1-2H3,(H,21,24)(H,22,25). The van der Waals surface area contributed by atoms with E-state index in [0.717, 1.165) is 14.3 Å². The summed E-state index contributed by atoms with van der Waals surface area (Å²) in [5.74, 6) is -0.726. The summed E-state index contributed by atoms with van der Waals surface area (Å²) >= 11 is 3.26. The van der Waals surface area contributed by atoms with Gasteiger partial charge in [0.25, 0.3) is 0 Å². The van der Waals surface area contributed by atoms with E-state index in [0.29, 0.717) is 5.69 Å². The van der Waals surface area contributed by atoms with Crippen molar-refractivity contribution in [2.24, 2.45) is 0 Å². The van der Waals surface area contributed by atoms with E-state index in [1.165, 1.54) is 26.3 Å². The summed E-state index contributed by atoms with van der Waals surface area (Å²) in [6, 6.07) is 13.2. The lowest BCUT2D eigenvalue weighted by atomic mass is 10.2. The average molecular weight is 484 g/mol. The van der Waals surface area contributed by atoms with Crippen LogP contribution >= 0.6 is 15.9 Å². The van der Waals surface area contributed by atoms with E-state index < -0.39 is 15.9 Å². The molecular weight excluding hydrogens is 462 g/mol. The number of hydrogen-bond acceptors (Lipinski definition) is 5. The third-order valence-corrected chi connectivity index (χ3v) is 6.21. The highest BCUT2D eigenvalue weighted by molar-refractivity contribution is 9.10. The van der Waals surface area contributed by atoms with Gasteiger partial charge in [-0.3, -0.25) is 9.59 Å². The number of ether oxygens (including phenoxy) is 1. The third kappa shape index (κ3) is 6.93. The van der Waals surface area contributed by atoms with Crippen molar-refractivity contribution in [1.29, 1.82) is 0 Å². The SMILES string of the molecule is COCC(=O)Nc1cccc(CNC(=O)CN(C)S(=O)(=O)c2ccc(Br)cc2)c1. The van der Waals surface area contributed by atoms with Crippen molar-refractivity contribution in [3.63, 3.8) is 0 Å². The van der Waals surface area contributed by atoms with Gasteiger partial charge in [0.2, 0.25) is 21.8 Å². The molecule has 0 aliphatic carbocycles. The van der Waals surface area contributed by atoms with Crippen LogP contribution in [0.1, 0.15) is 5.56 Å². The maximum atomic E-state index is 12.5. The highest BCUT2D eigenvalue weighted by Gasteiger charge is 2.22. The number of halogens is 1. The maximum Gasteiger partial charge on any atom is 0.250 e. The Hall–Kier alpha value is -2.27. The monoisotopic (exact) mass is 483 g/mol. The fourth-order valence-electron chi connectivity index (χ4n) is 2.42. The number of methoxy groups -OCH3 is 1. The van der Waals surface area contributed by atoms with Crippen LogP contribution in [0.25, 0.3) is 0 Å². The summed E-state index contributed by atoms with van der Waals surface area (Å²) in [6.45, 7) is -0.179. The van der Waals surface area contributed by atoms with Crippen LogP contribution in [0.2, 0.25) is 0 Å². The first-order valence-electron chi connectivity index (χ1n) is 8.58. The van der Waals surface area contributed by atoms with E-state index >= 15 is 0 Å². The van der Waals surface area contributed by atoms with Crippen LogP contribution in [-0.2, 0) is 30.9 Å². The Morgan fingerprint density at radius 1 is 1.10 bits per heavy atom. The molecule has 29 heavy (non-hydrogen) atoms. The number of anilines is 1. The fourth-order valence-corrected chi connectivity index (χ4v) is 3.81. The molecule has 2 aromatic carbocycles. The Labute approximate surface area is 178 Å². The molecule has 2 rings (SSSR count). The van der Waals surface area contributed by atoms with Gasteiger partial charge < -0.3 is 15.4 Å². The smallest absolute Gasteiger partial charge is 0.250 e. The molecule has 2 aromatic rings. The highest BCUT2D eigenvalue weighted by atomic mass is 79.9. The van der Waals surface area contributed by atoms with Gasteiger partial charge in [-0.15, -0.1) is 0 Å². The summed E-state index contributed by atoms with van der Waals surface area (Å²) < 4.78 is 31.6. The lowest BCUT2D eigenvalue weighted by Gasteiger charge is -2.17. The van der Waals surface area contributed by atoms with Gasteiger partial charge in [0, 0.05) is 30.9 Å². The number of sulfonamides is 1. The number of amides is 2. The second-order valence-electron chi connectivity index (χ2n) is 6.17. The van der Waals surface area contributed by atoms with Crippen molar-refractivity contribution in [3.8, 4) is 0 Å². The van der Waals surface area contributed by atoms with Crippen LogP contribution in [0, 0.1) is 0 Å². The van der Waals surface area contributed by atoms with Crippen LogP contribution < -0.4 is 10.6 Å². The molecule has 0 atom stereocenters. The first kappa shape index (κ1) is 23.0. The molecule has 0 aliphatic rings. The largest absolute Gasteiger partial charge is 0.375 e. The van der Waals surface area contributed by atoms with Crippen LogP contribution in [0.3, 0.4) is 0 Å². The molecule has 156 valence electrons. The fraction of sp³-hybridized carbons (Fsp3) is 0.263. The zero-order valence-corrected chi connectivity index (χ0v) is 18.4. The van der Waals surface area contributed by atoms with Gasteiger partial charge in [-0.05, 0) is 42.0 Å². The van der Waals surface area contributed by atoms with Gasteiger partial charge in [0.05, 0.1) is 11.4 Å². The predicted octanol–water partition coefficient (Wildman–Crippen LogP) is 1.97. The van der Waals surface area contributed by atoms with E-state index in [2.05, 4.69) is 26.6 Å². The van der Waals surface area contributed by atoms with Gasteiger partial charge in [-0.2, -0.15) is 4.31 Å². The number of nitrogens with one attached hydrogen (secondary N) is 2. The molecule has 0 unspecified atom stereocenters. The van der Waals surface area contributed by atoms with Crippen molar-refractivity contribution in [2.45, 2.75) is 11.4 Å². The van der Waals surface area contributed by atoms with Gasteiger partial charge in [0.15, 0.2) is 0 Å². The van der Waals surface area contributed by atoms with Gasteiger partial charge >= 0.3 is 0 Å². The molecule has 0 aliphatic heterocycles. The lowest BCUT2D eigenvalue weighted by Crippen LogP contribution is -2.38. The summed E-state index contributed by atoms with van der Waals surface area (Å²) in [5, 5.41) is 5.36. The van der Waals surface area contributed by atoms with Gasteiger partial charge in [-0.1, -0.05) is 28.1 Å². The molecule has 0 aromatic heterocycles. The van der Waals surface area contributed by atoms with Crippen LogP contribution in [0.5, 0.6) is 0 Å². The molecule has 0 bridgehead atoms. The molecule has 2 amide bonds. The average Bonchev–Trinajstić information content (AvgIpc) is 2.67. The molecule has 0 fully saturated rings. The quantitative estimate of drug-likeness (QED) is 0.567. The topological polar surface area (TPSA) is 105 Å². The first-order chi connectivity index (χ1) is 13.7. The first-order valence-corrected chi connectivity index (χ1v) is 10.8. The Kier molecular flexibility index (Phi) is 8.32. The Bertz CT molecular complexity index is 964. The van der Waals surface area contributed by atoms with Crippen LogP contribution in [-0.4, -0.2) is 51.8 Å². The molecular formula is C19H22BrN3O5S. The summed E-state index contributed by atoms with van der Waals surface area (Å²) in [4.78, 5) is 23.9. The molecule has 0 saturated heterocycles. The lowest BCUT2D eigenvalue weighted by molar-refractivity contribution is -0.121.